The van der Waals surface area contributed by atoms with E-state index in [1.54, 1.807) is 17.2 Å². The van der Waals surface area contributed by atoms with Crippen LogP contribution < -0.4 is 5.32 Å². The Hall–Kier alpha value is -1.91. The van der Waals surface area contributed by atoms with E-state index < -0.39 is 0 Å². The van der Waals surface area contributed by atoms with E-state index in [1.165, 1.54) is 0 Å². The molecule has 2 heterocycles. The van der Waals surface area contributed by atoms with Crippen molar-refractivity contribution in [2.24, 2.45) is 0 Å². The van der Waals surface area contributed by atoms with Crippen molar-refractivity contribution in [1.29, 1.82) is 0 Å². The SMILES string of the molecule is CCNC(=O)[C@@H]1CCCN1C(=O)c1ccc(C)nc1. The predicted octanol–water partition coefficient (Wildman–Crippen LogP) is 1.13. The van der Waals surface area contributed by atoms with Gasteiger partial charge in [-0.1, -0.05) is 0 Å². The van der Waals surface area contributed by atoms with Crippen molar-refractivity contribution in [2.75, 3.05) is 13.1 Å². The van der Waals surface area contributed by atoms with Crippen LogP contribution in [0.1, 0.15) is 35.8 Å². The number of hydrogen-bond donors (Lipinski definition) is 1. The normalized spacial score (nSPS) is 18.4. The van der Waals surface area contributed by atoms with Crippen molar-refractivity contribution in [3.05, 3.63) is 29.6 Å². The monoisotopic (exact) mass is 261 g/mol. The smallest absolute Gasteiger partial charge is 0.256 e. The van der Waals surface area contributed by atoms with Crippen LogP contribution >= 0.6 is 0 Å². The molecule has 5 nitrogen and oxygen atoms in total. The summed E-state index contributed by atoms with van der Waals surface area (Å²) in [5.74, 6) is -0.172. The number of nitrogens with zero attached hydrogens (tertiary/aromatic N) is 2. The first kappa shape index (κ1) is 13.5. The Morgan fingerprint density at radius 2 is 2.26 bits per heavy atom. The third-order valence-electron chi connectivity index (χ3n) is 3.33. The summed E-state index contributed by atoms with van der Waals surface area (Å²) in [6.45, 7) is 4.97. The van der Waals surface area contributed by atoms with Crippen LogP contribution in [-0.4, -0.2) is 40.8 Å². The second-order valence-electron chi connectivity index (χ2n) is 4.74. The molecule has 1 saturated heterocycles. The average Bonchev–Trinajstić information content (AvgIpc) is 2.88. The molecule has 0 radical (unpaired) electrons. The molecule has 5 heteroatoms. The van der Waals surface area contributed by atoms with E-state index in [-0.39, 0.29) is 17.9 Å². The van der Waals surface area contributed by atoms with Crippen molar-refractivity contribution >= 4 is 11.8 Å². The number of carbonyl (C=O) groups is 2. The maximum atomic E-state index is 12.4. The summed E-state index contributed by atoms with van der Waals surface area (Å²) in [5, 5.41) is 2.78. The van der Waals surface area contributed by atoms with E-state index >= 15 is 0 Å². The number of aromatic nitrogens is 1. The van der Waals surface area contributed by atoms with Gasteiger partial charge in [0, 0.05) is 25.0 Å². The number of aryl methyl sites for hydroxylation is 1. The van der Waals surface area contributed by atoms with E-state index in [0.717, 1.165) is 18.5 Å². The lowest BCUT2D eigenvalue weighted by molar-refractivity contribution is -0.124. The molecule has 0 unspecified atom stereocenters. The van der Waals surface area contributed by atoms with Gasteiger partial charge in [0.05, 0.1) is 5.56 Å². The van der Waals surface area contributed by atoms with Crippen molar-refractivity contribution in [1.82, 2.24) is 15.2 Å². The first-order valence-electron chi connectivity index (χ1n) is 6.65. The van der Waals surface area contributed by atoms with Crippen molar-refractivity contribution in [3.8, 4) is 0 Å². The van der Waals surface area contributed by atoms with Crippen molar-refractivity contribution in [2.45, 2.75) is 32.7 Å². The molecule has 0 bridgehead atoms. The number of likely N-dealkylation sites (tertiary alicyclic amines) is 1. The molecule has 1 aromatic rings. The molecule has 0 saturated carbocycles. The molecule has 1 aliphatic heterocycles. The molecular weight excluding hydrogens is 242 g/mol. The highest BCUT2D eigenvalue weighted by molar-refractivity contribution is 5.97. The Morgan fingerprint density at radius 1 is 1.47 bits per heavy atom. The van der Waals surface area contributed by atoms with Crippen LogP contribution in [0.15, 0.2) is 18.3 Å². The van der Waals surface area contributed by atoms with Crippen LogP contribution in [0.2, 0.25) is 0 Å². The summed E-state index contributed by atoms with van der Waals surface area (Å²) in [6.07, 6.45) is 3.18. The molecule has 2 rings (SSSR count). The topological polar surface area (TPSA) is 62.3 Å². The number of pyridine rings is 1. The van der Waals surface area contributed by atoms with Gasteiger partial charge in [0.1, 0.15) is 6.04 Å². The zero-order valence-electron chi connectivity index (χ0n) is 11.3. The molecule has 1 N–H and O–H groups in total. The molecule has 19 heavy (non-hydrogen) atoms. The molecular formula is C14H19N3O2. The van der Waals surface area contributed by atoms with Crippen LogP contribution in [0.5, 0.6) is 0 Å². The minimum Gasteiger partial charge on any atom is -0.355 e. The van der Waals surface area contributed by atoms with Gasteiger partial charge in [-0.25, -0.2) is 0 Å². The molecule has 1 aromatic heterocycles. The average molecular weight is 261 g/mol. The van der Waals surface area contributed by atoms with E-state index in [9.17, 15) is 9.59 Å². The minimum absolute atomic E-state index is 0.0616. The zero-order chi connectivity index (χ0) is 13.8. The Bertz CT molecular complexity index is 470. The molecule has 0 aromatic carbocycles. The molecule has 1 aliphatic rings. The first-order chi connectivity index (χ1) is 9.13. The maximum absolute atomic E-state index is 12.4. The molecule has 1 atom stereocenters. The molecule has 0 spiro atoms. The molecule has 2 amide bonds. The van der Waals surface area contributed by atoms with E-state index in [4.69, 9.17) is 0 Å². The number of carbonyl (C=O) groups excluding carboxylic acids is 2. The van der Waals surface area contributed by atoms with Gasteiger partial charge in [-0.15, -0.1) is 0 Å². The number of likely N-dealkylation sites (N-methyl/N-ethyl adjacent to an activating group) is 1. The van der Waals surface area contributed by atoms with Gasteiger partial charge in [-0.3, -0.25) is 14.6 Å². The van der Waals surface area contributed by atoms with Crippen LogP contribution in [0.25, 0.3) is 0 Å². The Labute approximate surface area is 113 Å². The third kappa shape index (κ3) is 2.92. The standard InChI is InChI=1S/C14H19N3O2/c1-3-15-13(18)12-5-4-8-17(12)14(19)11-7-6-10(2)16-9-11/h6-7,9,12H,3-5,8H2,1-2H3,(H,15,18)/t12-/m0/s1. The largest absolute Gasteiger partial charge is 0.355 e. The maximum Gasteiger partial charge on any atom is 0.256 e. The molecule has 1 fully saturated rings. The fourth-order valence-corrected chi connectivity index (χ4v) is 2.33. The fraction of sp³-hybridized carbons (Fsp3) is 0.500. The minimum atomic E-state index is -0.339. The second-order valence-corrected chi connectivity index (χ2v) is 4.74. The van der Waals surface area contributed by atoms with Gasteiger partial charge in [0.2, 0.25) is 5.91 Å². The van der Waals surface area contributed by atoms with E-state index in [0.29, 0.717) is 18.7 Å². The number of amides is 2. The summed E-state index contributed by atoms with van der Waals surface area (Å²) in [5.41, 5.74) is 1.42. The third-order valence-corrected chi connectivity index (χ3v) is 3.33. The number of rotatable bonds is 3. The Balaban J connectivity index is 2.13. The van der Waals surface area contributed by atoms with E-state index in [1.807, 2.05) is 19.9 Å². The van der Waals surface area contributed by atoms with Crippen molar-refractivity contribution < 1.29 is 9.59 Å². The summed E-state index contributed by atoms with van der Waals surface area (Å²) < 4.78 is 0. The highest BCUT2D eigenvalue weighted by atomic mass is 16.2. The highest BCUT2D eigenvalue weighted by Crippen LogP contribution is 2.20. The lowest BCUT2D eigenvalue weighted by Gasteiger charge is -2.23. The van der Waals surface area contributed by atoms with Crippen LogP contribution in [0.4, 0.5) is 0 Å². The highest BCUT2D eigenvalue weighted by Gasteiger charge is 2.34. The zero-order valence-corrected chi connectivity index (χ0v) is 11.3. The quantitative estimate of drug-likeness (QED) is 0.887. The Morgan fingerprint density at radius 3 is 2.89 bits per heavy atom. The van der Waals surface area contributed by atoms with Gasteiger partial charge in [-0.2, -0.15) is 0 Å². The van der Waals surface area contributed by atoms with Gasteiger partial charge in [-0.05, 0) is 38.8 Å². The second kappa shape index (κ2) is 5.82. The fourth-order valence-electron chi connectivity index (χ4n) is 2.33. The molecule has 0 aliphatic carbocycles. The summed E-state index contributed by atoms with van der Waals surface area (Å²) in [4.78, 5) is 30.1. The molecule has 102 valence electrons. The van der Waals surface area contributed by atoms with Crippen molar-refractivity contribution in [3.63, 3.8) is 0 Å². The van der Waals surface area contributed by atoms with Crippen LogP contribution in [0, 0.1) is 6.92 Å². The van der Waals surface area contributed by atoms with Gasteiger partial charge in [0.15, 0.2) is 0 Å². The summed E-state index contributed by atoms with van der Waals surface area (Å²) in [6, 6.07) is 3.23. The lowest BCUT2D eigenvalue weighted by atomic mass is 10.2. The summed E-state index contributed by atoms with van der Waals surface area (Å²) in [7, 11) is 0. The van der Waals surface area contributed by atoms with Crippen LogP contribution in [0.3, 0.4) is 0 Å². The lowest BCUT2D eigenvalue weighted by Crippen LogP contribution is -2.45. The van der Waals surface area contributed by atoms with Gasteiger partial charge in [0.25, 0.3) is 5.91 Å². The Kier molecular flexibility index (Phi) is 4.14. The first-order valence-corrected chi connectivity index (χ1v) is 6.65. The number of hydrogen-bond acceptors (Lipinski definition) is 3. The van der Waals surface area contributed by atoms with Gasteiger partial charge >= 0.3 is 0 Å². The number of nitrogens with one attached hydrogen (secondary N) is 1. The van der Waals surface area contributed by atoms with E-state index in [2.05, 4.69) is 10.3 Å². The van der Waals surface area contributed by atoms with Gasteiger partial charge < -0.3 is 10.2 Å². The summed E-state index contributed by atoms with van der Waals surface area (Å²) >= 11 is 0. The van der Waals surface area contributed by atoms with Crippen LogP contribution in [-0.2, 0) is 4.79 Å². The predicted molar refractivity (Wildman–Crippen MR) is 71.7 cm³/mol.